The smallest absolute Gasteiger partial charge is 0.164 e. The Labute approximate surface area is 100 Å². The number of ketones is 1. The van der Waals surface area contributed by atoms with E-state index in [1.807, 2.05) is 6.92 Å². The molecule has 0 aliphatic rings. The molecule has 1 N–H and O–H groups in total. The predicted molar refractivity (Wildman–Crippen MR) is 66.4 cm³/mol. The second-order valence-corrected chi connectivity index (χ2v) is 4.74. The molecular formula is C11H18N2O2S. The van der Waals surface area contributed by atoms with Crippen molar-refractivity contribution in [3.63, 3.8) is 0 Å². The fourth-order valence-electron chi connectivity index (χ4n) is 1.52. The van der Waals surface area contributed by atoms with E-state index in [2.05, 4.69) is 16.6 Å². The lowest BCUT2D eigenvalue weighted by Crippen LogP contribution is -2.16. The molecule has 4 nitrogen and oxygen atoms in total. The van der Waals surface area contributed by atoms with Crippen LogP contribution in [0.2, 0.25) is 0 Å². The van der Waals surface area contributed by atoms with Gasteiger partial charge in [-0.25, -0.2) is 0 Å². The lowest BCUT2D eigenvalue weighted by atomic mass is 10.1. The normalized spacial score (nSPS) is 12.5. The lowest BCUT2D eigenvalue weighted by Gasteiger charge is -2.11. The molecule has 0 bridgehead atoms. The Morgan fingerprint density at radius 3 is 2.88 bits per heavy atom. The molecule has 0 saturated heterocycles. The molecule has 90 valence electrons. The molecule has 0 saturated carbocycles. The van der Waals surface area contributed by atoms with Crippen LogP contribution in [0.25, 0.3) is 0 Å². The highest BCUT2D eigenvalue weighted by atomic mass is 32.1. The van der Waals surface area contributed by atoms with Crippen LogP contribution < -0.4 is 5.32 Å². The average molecular weight is 242 g/mol. The van der Waals surface area contributed by atoms with Gasteiger partial charge in [0, 0.05) is 13.7 Å². The Morgan fingerprint density at radius 2 is 2.31 bits per heavy atom. The van der Waals surface area contributed by atoms with Crippen molar-refractivity contribution in [3.05, 3.63) is 11.3 Å². The fourth-order valence-corrected chi connectivity index (χ4v) is 2.37. The largest absolute Gasteiger partial charge is 0.384 e. The van der Waals surface area contributed by atoms with Crippen LogP contribution in [0.5, 0.6) is 0 Å². The third-order valence-corrected chi connectivity index (χ3v) is 3.17. The first-order chi connectivity index (χ1) is 7.56. The zero-order valence-corrected chi connectivity index (χ0v) is 11.0. The number of hydrogen-bond donors (Lipinski definition) is 1. The van der Waals surface area contributed by atoms with Crippen molar-refractivity contribution in [2.24, 2.45) is 5.92 Å². The summed E-state index contributed by atoms with van der Waals surface area (Å²) in [5.41, 5.74) is 1.52. The van der Waals surface area contributed by atoms with E-state index < -0.39 is 0 Å². The van der Waals surface area contributed by atoms with Crippen LogP contribution in [0.3, 0.4) is 0 Å². The summed E-state index contributed by atoms with van der Waals surface area (Å²) in [7, 11) is 1.69. The summed E-state index contributed by atoms with van der Waals surface area (Å²) in [6.45, 7) is 7.02. The number of methoxy groups -OCH3 is 1. The minimum atomic E-state index is 0.0631. The Balaban J connectivity index is 2.64. The van der Waals surface area contributed by atoms with E-state index >= 15 is 0 Å². The first-order valence-corrected chi connectivity index (χ1v) is 6.03. The molecule has 0 aromatic carbocycles. The van der Waals surface area contributed by atoms with Crippen LogP contribution in [0, 0.1) is 12.8 Å². The summed E-state index contributed by atoms with van der Waals surface area (Å²) < 4.78 is 9.24. The van der Waals surface area contributed by atoms with Gasteiger partial charge in [0.25, 0.3) is 0 Å². The molecular weight excluding hydrogens is 224 g/mol. The van der Waals surface area contributed by atoms with E-state index in [0.717, 1.165) is 22.8 Å². The number of hydrogen-bond acceptors (Lipinski definition) is 5. The van der Waals surface area contributed by atoms with Crippen LogP contribution in [-0.2, 0) is 4.74 Å². The summed E-state index contributed by atoms with van der Waals surface area (Å²) in [5.74, 6) is 0.473. The van der Waals surface area contributed by atoms with E-state index in [9.17, 15) is 4.79 Å². The van der Waals surface area contributed by atoms with Gasteiger partial charge in [0.2, 0.25) is 0 Å². The third kappa shape index (κ3) is 3.28. The minimum absolute atomic E-state index is 0.0631. The van der Waals surface area contributed by atoms with E-state index in [-0.39, 0.29) is 5.78 Å². The van der Waals surface area contributed by atoms with E-state index in [1.54, 1.807) is 14.0 Å². The molecule has 1 unspecified atom stereocenters. The lowest BCUT2D eigenvalue weighted by molar-refractivity contribution is 0.101. The fraction of sp³-hybridized carbons (Fsp3) is 0.636. The maximum Gasteiger partial charge on any atom is 0.164 e. The van der Waals surface area contributed by atoms with Crippen molar-refractivity contribution in [2.45, 2.75) is 20.8 Å². The van der Waals surface area contributed by atoms with Gasteiger partial charge in [-0.1, -0.05) is 6.92 Å². The number of rotatable bonds is 6. The van der Waals surface area contributed by atoms with Crippen molar-refractivity contribution in [2.75, 3.05) is 25.6 Å². The van der Waals surface area contributed by atoms with Gasteiger partial charge < -0.3 is 10.1 Å². The molecule has 1 rings (SSSR count). The molecule has 5 heteroatoms. The summed E-state index contributed by atoms with van der Waals surface area (Å²) in [6, 6.07) is 0. The molecule has 16 heavy (non-hydrogen) atoms. The van der Waals surface area contributed by atoms with Crippen molar-refractivity contribution in [3.8, 4) is 0 Å². The van der Waals surface area contributed by atoms with Crippen LogP contribution in [0.15, 0.2) is 0 Å². The number of Topliss-reactive ketones (excluding diaryl/α,β-unsaturated/α-hetero) is 1. The topological polar surface area (TPSA) is 51.2 Å². The third-order valence-electron chi connectivity index (χ3n) is 2.28. The highest BCUT2D eigenvalue weighted by Gasteiger charge is 2.14. The van der Waals surface area contributed by atoms with Gasteiger partial charge in [0.05, 0.1) is 17.9 Å². The minimum Gasteiger partial charge on any atom is -0.384 e. The molecule has 0 fully saturated rings. The highest BCUT2D eigenvalue weighted by Crippen LogP contribution is 2.24. The molecule has 1 atom stereocenters. The quantitative estimate of drug-likeness (QED) is 0.778. The number of nitrogens with zero attached hydrogens (tertiary/aromatic N) is 1. The number of carbonyl (C=O) groups excluding carboxylic acids is 1. The van der Waals surface area contributed by atoms with E-state index in [0.29, 0.717) is 12.5 Å². The van der Waals surface area contributed by atoms with Gasteiger partial charge in [-0.2, -0.15) is 4.37 Å². The zero-order valence-electron chi connectivity index (χ0n) is 10.2. The first kappa shape index (κ1) is 13.1. The molecule has 0 spiro atoms. The SMILES string of the molecule is COCC(C)CNc1snc(C)c1C(C)=O. The summed E-state index contributed by atoms with van der Waals surface area (Å²) in [4.78, 5) is 11.4. The van der Waals surface area contributed by atoms with Gasteiger partial charge >= 0.3 is 0 Å². The Kier molecular flexibility index (Phi) is 4.89. The molecule has 0 radical (unpaired) electrons. The average Bonchev–Trinajstić information content (AvgIpc) is 2.57. The molecule has 1 aromatic heterocycles. The van der Waals surface area contributed by atoms with Crippen molar-refractivity contribution < 1.29 is 9.53 Å². The van der Waals surface area contributed by atoms with Gasteiger partial charge in [-0.3, -0.25) is 4.79 Å². The summed E-state index contributed by atoms with van der Waals surface area (Å²) in [5, 5.41) is 4.12. The van der Waals surface area contributed by atoms with Crippen LogP contribution in [-0.4, -0.2) is 30.4 Å². The second-order valence-electron chi connectivity index (χ2n) is 3.97. The second kappa shape index (κ2) is 5.96. The number of ether oxygens (including phenoxy) is 1. The zero-order chi connectivity index (χ0) is 12.1. The Bertz CT molecular complexity index is 363. The molecule has 1 aromatic rings. The van der Waals surface area contributed by atoms with Crippen LogP contribution >= 0.6 is 11.5 Å². The number of carbonyl (C=O) groups is 1. The Morgan fingerprint density at radius 1 is 1.62 bits per heavy atom. The van der Waals surface area contributed by atoms with Gasteiger partial charge in [-0.15, -0.1) is 0 Å². The number of aryl methyl sites for hydroxylation is 1. The molecule has 0 aliphatic heterocycles. The maximum atomic E-state index is 11.4. The standard InChI is InChI=1S/C11H18N2O2S/c1-7(6-15-4)5-12-11-10(9(3)14)8(2)13-16-11/h7,12H,5-6H2,1-4H3. The number of aromatic nitrogens is 1. The first-order valence-electron chi connectivity index (χ1n) is 5.26. The van der Waals surface area contributed by atoms with Gasteiger partial charge in [0.1, 0.15) is 5.00 Å². The van der Waals surface area contributed by atoms with E-state index in [1.165, 1.54) is 11.5 Å². The van der Waals surface area contributed by atoms with Gasteiger partial charge in [0.15, 0.2) is 5.78 Å². The van der Waals surface area contributed by atoms with Crippen molar-refractivity contribution >= 4 is 22.3 Å². The van der Waals surface area contributed by atoms with Crippen LogP contribution in [0.4, 0.5) is 5.00 Å². The van der Waals surface area contributed by atoms with Crippen LogP contribution in [0.1, 0.15) is 29.9 Å². The Hall–Kier alpha value is -0.940. The number of anilines is 1. The van der Waals surface area contributed by atoms with Gasteiger partial charge in [-0.05, 0) is 31.3 Å². The highest BCUT2D eigenvalue weighted by molar-refractivity contribution is 7.10. The molecule has 0 aliphatic carbocycles. The molecule has 1 heterocycles. The molecule has 0 amide bonds. The van der Waals surface area contributed by atoms with Crippen molar-refractivity contribution in [1.29, 1.82) is 0 Å². The van der Waals surface area contributed by atoms with Crippen molar-refractivity contribution in [1.82, 2.24) is 4.37 Å². The maximum absolute atomic E-state index is 11.4. The van der Waals surface area contributed by atoms with E-state index in [4.69, 9.17) is 4.74 Å². The summed E-state index contributed by atoms with van der Waals surface area (Å²) >= 11 is 1.34. The number of nitrogens with one attached hydrogen (secondary N) is 1. The summed E-state index contributed by atoms with van der Waals surface area (Å²) in [6.07, 6.45) is 0. The predicted octanol–water partition coefficient (Wildman–Crippen LogP) is 2.35. The monoisotopic (exact) mass is 242 g/mol.